The van der Waals surface area contributed by atoms with Crippen LogP contribution >= 0.6 is 0 Å². The fraction of sp³-hybridized carbons (Fsp3) is 0.462. The minimum Gasteiger partial charge on any atom is -0.492 e. The van der Waals surface area contributed by atoms with E-state index in [2.05, 4.69) is 0 Å². The number of carboxylic acids is 1. The number of carboxylic acid groups (broad SMARTS) is 1. The topological polar surface area (TPSA) is 72.6 Å². The van der Waals surface area contributed by atoms with Crippen LogP contribution in [0.4, 0.5) is 5.69 Å². The van der Waals surface area contributed by atoms with Crippen LogP contribution < -0.4 is 10.5 Å². The molecule has 4 nitrogen and oxygen atoms in total. The summed E-state index contributed by atoms with van der Waals surface area (Å²) in [4.78, 5) is 11.2. The summed E-state index contributed by atoms with van der Waals surface area (Å²) in [6, 6.07) is 1.48. The van der Waals surface area contributed by atoms with Crippen LogP contribution in [0.25, 0.3) is 0 Å². The third kappa shape index (κ3) is 2.35. The van der Waals surface area contributed by atoms with Crippen LogP contribution in [0.1, 0.15) is 34.3 Å². The van der Waals surface area contributed by atoms with Crippen molar-refractivity contribution in [3.63, 3.8) is 0 Å². The van der Waals surface area contributed by atoms with Crippen LogP contribution in [-0.2, 0) is 0 Å². The van der Waals surface area contributed by atoms with Gasteiger partial charge in [-0.1, -0.05) is 0 Å². The number of nitrogen functional groups attached to an aromatic ring is 1. The van der Waals surface area contributed by atoms with Gasteiger partial charge >= 0.3 is 5.97 Å². The second-order valence-corrected chi connectivity index (χ2v) is 4.65. The fourth-order valence-corrected chi connectivity index (χ4v) is 1.75. The van der Waals surface area contributed by atoms with Crippen LogP contribution in [-0.4, -0.2) is 17.7 Å². The number of hydrogen-bond donors (Lipinski definition) is 2. The lowest BCUT2D eigenvalue weighted by Crippen LogP contribution is -2.09. The number of rotatable bonds is 4. The highest BCUT2D eigenvalue weighted by atomic mass is 16.5. The van der Waals surface area contributed by atoms with Gasteiger partial charge in [0.25, 0.3) is 0 Å². The summed E-state index contributed by atoms with van der Waals surface area (Å²) in [5, 5.41) is 9.15. The highest BCUT2D eigenvalue weighted by Crippen LogP contribution is 2.34. The molecule has 1 aromatic carbocycles. The first-order valence-corrected chi connectivity index (χ1v) is 5.76. The quantitative estimate of drug-likeness (QED) is 0.786. The maximum Gasteiger partial charge on any atom is 0.339 e. The van der Waals surface area contributed by atoms with Crippen molar-refractivity contribution < 1.29 is 14.6 Å². The second-order valence-electron chi connectivity index (χ2n) is 4.65. The Hall–Kier alpha value is -1.71. The molecule has 0 aliphatic heterocycles. The normalized spacial score (nSPS) is 14.7. The van der Waals surface area contributed by atoms with Gasteiger partial charge in [0.2, 0.25) is 0 Å². The molecule has 3 N–H and O–H groups in total. The van der Waals surface area contributed by atoms with Gasteiger partial charge in [0.15, 0.2) is 0 Å². The Morgan fingerprint density at radius 1 is 1.47 bits per heavy atom. The third-order valence-electron chi connectivity index (χ3n) is 3.27. The van der Waals surface area contributed by atoms with E-state index < -0.39 is 5.97 Å². The summed E-state index contributed by atoms with van der Waals surface area (Å²) in [5.41, 5.74) is 8.15. The molecule has 0 aromatic heterocycles. The van der Waals surface area contributed by atoms with Gasteiger partial charge in [0, 0.05) is 5.69 Å². The lowest BCUT2D eigenvalue weighted by Gasteiger charge is -2.15. The van der Waals surface area contributed by atoms with E-state index >= 15 is 0 Å². The van der Waals surface area contributed by atoms with E-state index in [4.69, 9.17) is 15.6 Å². The summed E-state index contributed by atoms with van der Waals surface area (Å²) >= 11 is 0. The summed E-state index contributed by atoms with van der Waals surface area (Å²) in [5.74, 6) is 0.0654. The molecule has 4 heteroatoms. The van der Waals surface area contributed by atoms with Gasteiger partial charge in [-0.15, -0.1) is 0 Å². The molecule has 0 spiro atoms. The van der Waals surface area contributed by atoms with E-state index in [0.29, 0.717) is 24.0 Å². The molecule has 1 aliphatic rings. The first kappa shape index (κ1) is 11.8. The van der Waals surface area contributed by atoms with E-state index in [1.807, 2.05) is 13.8 Å². The number of anilines is 1. The Labute approximate surface area is 100 Å². The number of carbonyl (C=O) groups is 1. The van der Waals surface area contributed by atoms with Crippen molar-refractivity contribution >= 4 is 11.7 Å². The molecule has 1 aromatic rings. The average molecular weight is 235 g/mol. The molecule has 1 saturated carbocycles. The van der Waals surface area contributed by atoms with E-state index in [1.165, 1.54) is 18.9 Å². The number of hydrogen-bond acceptors (Lipinski definition) is 3. The van der Waals surface area contributed by atoms with Gasteiger partial charge in [-0.3, -0.25) is 0 Å². The molecule has 0 saturated heterocycles. The zero-order valence-corrected chi connectivity index (χ0v) is 10.1. The lowest BCUT2D eigenvalue weighted by atomic mass is 10.0. The Morgan fingerprint density at radius 2 is 2.12 bits per heavy atom. The highest BCUT2D eigenvalue weighted by molar-refractivity contribution is 5.93. The van der Waals surface area contributed by atoms with Crippen molar-refractivity contribution in [2.75, 3.05) is 12.3 Å². The molecule has 1 fully saturated rings. The zero-order chi connectivity index (χ0) is 12.6. The summed E-state index contributed by atoms with van der Waals surface area (Å²) in [6.07, 6.45) is 2.35. The largest absolute Gasteiger partial charge is 0.492 e. The molecular weight excluding hydrogens is 218 g/mol. The zero-order valence-electron chi connectivity index (χ0n) is 10.1. The SMILES string of the molecule is Cc1c(N)cc(C(=O)O)c(OCC2CC2)c1C. The van der Waals surface area contributed by atoms with Gasteiger partial charge in [-0.2, -0.15) is 0 Å². The highest BCUT2D eigenvalue weighted by Gasteiger charge is 2.24. The van der Waals surface area contributed by atoms with E-state index in [-0.39, 0.29) is 5.56 Å². The summed E-state index contributed by atoms with van der Waals surface area (Å²) in [7, 11) is 0. The average Bonchev–Trinajstić information content (AvgIpc) is 3.08. The number of nitrogens with two attached hydrogens (primary N) is 1. The van der Waals surface area contributed by atoms with Crippen LogP contribution in [0.5, 0.6) is 5.75 Å². The number of benzene rings is 1. The van der Waals surface area contributed by atoms with Gasteiger partial charge in [0.05, 0.1) is 6.61 Å². The van der Waals surface area contributed by atoms with Crippen LogP contribution in [0, 0.1) is 19.8 Å². The van der Waals surface area contributed by atoms with Crippen molar-refractivity contribution in [2.45, 2.75) is 26.7 Å². The van der Waals surface area contributed by atoms with Crippen LogP contribution in [0.3, 0.4) is 0 Å². The van der Waals surface area contributed by atoms with Crippen LogP contribution in [0.15, 0.2) is 6.07 Å². The molecule has 0 radical (unpaired) electrons. The number of aromatic carboxylic acids is 1. The van der Waals surface area contributed by atoms with Gasteiger partial charge < -0.3 is 15.6 Å². The first-order valence-electron chi connectivity index (χ1n) is 5.76. The number of ether oxygens (including phenoxy) is 1. The van der Waals surface area contributed by atoms with E-state index in [9.17, 15) is 4.79 Å². The van der Waals surface area contributed by atoms with Crippen molar-refractivity contribution in [3.05, 3.63) is 22.8 Å². The molecule has 0 atom stereocenters. The molecule has 2 rings (SSSR count). The van der Waals surface area contributed by atoms with Gasteiger partial charge in [-0.25, -0.2) is 4.79 Å². The van der Waals surface area contributed by atoms with Gasteiger partial charge in [-0.05, 0) is 49.8 Å². The maximum atomic E-state index is 11.2. The molecule has 0 amide bonds. The monoisotopic (exact) mass is 235 g/mol. The van der Waals surface area contributed by atoms with Crippen molar-refractivity contribution in [1.29, 1.82) is 0 Å². The predicted octanol–water partition coefficient (Wildman–Crippen LogP) is 2.37. The maximum absolute atomic E-state index is 11.2. The Bertz CT molecular complexity index is 464. The standard InChI is InChI=1S/C13H17NO3/c1-7-8(2)12(17-6-9-3-4-9)10(13(15)16)5-11(7)14/h5,9H,3-4,6,14H2,1-2H3,(H,15,16). The van der Waals surface area contributed by atoms with E-state index in [0.717, 1.165) is 11.1 Å². The summed E-state index contributed by atoms with van der Waals surface area (Å²) in [6.45, 7) is 4.32. The molecule has 1 aliphatic carbocycles. The molecule has 0 heterocycles. The van der Waals surface area contributed by atoms with E-state index in [1.54, 1.807) is 0 Å². The van der Waals surface area contributed by atoms with Crippen molar-refractivity contribution in [3.8, 4) is 5.75 Å². The summed E-state index contributed by atoms with van der Waals surface area (Å²) < 4.78 is 5.65. The molecule has 0 bridgehead atoms. The van der Waals surface area contributed by atoms with Crippen molar-refractivity contribution in [2.24, 2.45) is 5.92 Å². The smallest absolute Gasteiger partial charge is 0.339 e. The predicted molar refractivity (Wildman–Crippen MR) is 65.5 cm³/mol. The minimum absolute atomic E-state index is 0.159. The Balaban J connectivity index is 2.37. The molecule has 17 heavy (non-hydrogen) atoms. The molecule has 0 unspecified atom stereocenters. The molecular formula is C13H17NO3. The molecule has 92 valence electrons. The second kappa shape index (κ2) is 4.28. The van der Waals surface area contributed by atoms with Crippen LogP contribution in [0.2, 0.25) is 0 Å². The minimum atomic E-state index is -0.995. The van der Waals surface area contributed by atoms with Gasteiger partial charge in [0.1, 0.15) is 11.3 Å². The third-order valence-corrected chi connectivity index (χ3v) is 3.27. The Kier molecular flexibility index (Phi) is 2.96. The lowest BCUT2D eigenvalue weighted by molar-refractivity contribution is 0.0692. The van der Waals surface area contributed by atoms with Crippen molar-refractivity contribution in [1.82, 2.24) is 0 Å². The fourth-order valence-electron chi connectivity index (χ4n) is 1.75. The first-order chi connectivity index (χ1) is 8.00. The Morgan fingerprint density at radius 3 is 2.65 bits per heavy atom.